The van der Waals surface area contributed by atoms with Gasteiger partial charge in [-0.1, -0.05) is 5.16 Å². The Morgan fingerprint density at radius 1 is 1.43 bits per heavy atom. The maximum absolute atomic E-state index is 11.9. The lowest BCUT2D eigenvalue weighted by Crippen LogP contribution is -2.24. The molecule has 1 aromatic carbocycles. The van der Waals surface area contributed by atoms with Crippen LogP contribution in [0.5, 0.6) is 5.75 Å². The van der Waals surface area contributed by atoms with Gasteiger partial charge in [-0.3, -0.25) is 4.79 Å². The number of anilines is 2. The normalized spacial score (nSPS) is 15.8. The number of hydrogen-bond donors (Lipinski definition) is 1. The van der Waals surface area contributed by atoms with Crippen molar-refractivity contribution >= 4 is 17.3 Å². The van der Waals surface area contributed by atoms with Crippen LogP contribution < -0.4 is 15.0 Å². The van der Waals surface area contributed by atoms with Crippen molar-refractivity contribution in [3.8, 4) is 5.75 Å². The monoisotopic (exact) mass is 316 g/mol. The van der Waals surface area contributed by atoms with Crippen molar-refractivity contribution in [2.75, 3.05) is 23.9 Å². The standard InChI is InChI=1S/C16H20N4O3/c1-10(16-18-11(2)19-23-16)17-12-6-7-13(14(9-12)22-3)20-8-4-5-15(20)21/h6-7,9-10,17H,4-5,8H2,1-3H3/t10-/m0/s1. The van der Waals surface area contributed by atoms with Gasteiger partial charge in [0.15, 0.2) is 5.82 Å². The summed E-state index contributed by atoms with van der Waals surface area (Å²) in [6.45, 7) is 4.46. The van der Waals surface area contributed by atoms with E-state index < -0.39 is 0 Å². The Bertz CT molecular complexity index is 713. The van der Waals surface area contributed by atoms with Gasteiger partial charge < -0.3 is 19.5 Å². The Labute approximate surface area is 134 Å². The minimum Gasteiger partial charge on any atom is -0.494 e. The highest BCUT2D eigenvalue weighted by Crippen LogP contribution is 2.34. The number of nitrogens with one attached hydrogen (secondary N) is 1. The minimum absolute atomic E-state index is 0.125. The predicted molar refractivity (Wildman–Crippen MR) is 85.7 cm³/mol. The number of amides is 1. The number of aromatic nitrogens is 2. The fourth-order valence-corrected chi connectivity index (χ4v) is 2.69. The lowest BCUT2D eigenvalue weighted by Gasteiger charge is -2.20. The summed E-state index contributed by atoms with van der Waals surface area (Å²) >= 11 is 0. The summed E-state index contributed by atoms with van der Waals surface area (Å²) in [5.41, 5.74) is 1.67. The zero-order valence-electron chi connectivity index (χ0n) is 13.5. The summed E-state index contributed by atoms with van der Waals surface area (Å²) in [6, 6.07) is 5.57. The van der Waals surface area contributed by atoms with Gasteiger partial charge in [0, 0.05) is 24.7 Å². The van der Waals surface area contributed by atoms with E-state index in [1.54, 1.807) is 18.9 Å². The second-order valence-corrected chi connectivity index (χ2v) is 5.58. The molecule has 7 nitrogen and oxygen atoms in total. The molecular formula is C16H20N4O3. The molecule has 1 amide bonds. The SMILES string of the molecule is COc1cc(N[C@@H](C)c2nc(C)no2)ccc1N1CCCC1=O. The van der Waals surface area contributed by atoms with E-state index >= 15 is 0 Å². The summed E-state index contributed by atoms with van der Waals surface area (Å²) in [6.07, 6.45) is 1.48. The minimum atomic E-state index is -0.125. The van der Waals surface area contributed by atoms with Gasteiger partial charge in [0.05, 0.1) is 12.8 Å². The van der Waals surface area contributed by atoms with Crippen molar-refractivity contribution in [3.63, 3.8) is 0 Å². The van der Waals surface area contributed by atoms with E-state index in [4.69, 9.17) is 9.26 Å². The number of benzene rings is 1. The van der Waals surface area contributed by atoms with E-state index in [9.17, 15) is 4.79 Å². The number of methoxy groups -OCH3 is 1. The molecule has 1 saturated heterocycles. The molecule has 3 rings (SSSR count). The third-order valence-corrected chi connectivity index (χ3v) is 3.84. The number of aryl methyl sites for hydroxylation is 1. The summed E-state index contributed by atoms with van der Waals surface area (Å²) in [5, 5.41) is 7.09. The number of nitrogens with zero attached hydrogens (tertiary/aromatic N) is 3. The third kappa shape index (κ3) is 3.13. The van der Waals surface area contributed by atoms with Gasteiger partial charge >= 0.3 is 0 Å². The summed E-state index contributed by atoms with van der Waals surface area (Å²) in [7, 11) is 1.61. The smallest absolute Gasteiger partial charge is 0.248 e. The number of carbonyl (C=O) groups excluding carboxylic acids is 1. The lowest BCUT2D eigenvalue weighted by molar-refractivity contribution is -0.117. The predicted octanol–water partition coefficient (Wildman–Crippen LogP) is 2.69. The molecule has 0 unspecified atom stereocenters. The molecule has 1 aliphatic rings. The van der Waals surface area contributed by atoms with Crippen molar-refractivity contribution < 1.29 is 14.1 Å². The first-order chi connectivity index (χ1) is 11.1. The van der Waals surface area contributed by atoms with Crippen molar-refractivity contribution in [2.24, 2.45) is 0 Å². The molecular weight excluding hydrogens is 296 g/mol. The van der Waals surface area contributed by atoms with Gasteiger partial charge in [-0.25, -0.2) is 0 Å². The highest BCUT2D eigenvalue weighted by molar-refractivity contribution is 5.97. The second-order valence-electron chi connectivity index (χ2n) is 5.58. The van der Waals surface area contributed by atoms with Crippen LogP contribution in [0.15, 0.2) is 22.7 Å². The van der Waals surface area contributed by atoms with Crippen molar-refractivity contribution in [3.05, 3.63) is 29.9 Å². The van der Waals surface area contributed by atoms with Gasteiger partial charge in [-0.05, 0) is 32.4 Å². The fourth-order valence-electron chi connectivity index (χ4n) is 2.69. The summed E-state index contributed by atoms with van der Waals surface area (Å²) < 4.78 is 10.6. The molecule has 1 N–H and O–H groups in total. The molecule has 1 fully saturated rings. The number of rotatable bonds is 5. The van der Waals surface area contributed by atoms with Gasteiger partial charge in [0.1, 0.15) is 11.8 Å². The molecule has 0 aliphatic carbocycles. The number of ether oxygens (including phenoxy) is 1. The quantitative estimate of drug-likeness (QED) is 0.913. The van der Waals surface area contributed by atoms with Crippen molar-refractivity contribution in [1.29, 1.82) is 0 Å². The molecule has 1 aliphatic heterocycles. The molecule has 2 heterocycles. The average molecular weight is 316 g/mol. The Kier molecular flexibility index (Phi) is 4.18. The largest absolute Gasteiger partial charge is 0.494 e. The highest BCUT2D eigenvalue weighted by atomic mass is 16.5. The second kappa shape index (κ2) is 6.28. The topological polar surface area (TPSA) is 80.5 Å². The van der Waals surface area contributed by atoms with Gasteiger partial charge in [0.2, 0.25) is 11.8 Å². The Morgan fingerprint density at radius 3 is 2.87 bits per heavy atom. The summed E-state index contributed by atoms with van der Waals surface area (Å²) in [4.78, 5) is 17.9. The maximum atomic E-state index is 11.9. The Morgan fingerprint density at radius 2 is 2.26 bits per heavy atom. The van der Waals surface area contributed by atoms with Crippen LogP contribution in [0.3, 0.4) is 0 Å². The van der Waals surface area contributed by atoms with E-state index in [-0.39, 0.29) is 11.9 Å². The first kappa shape index (κ1) is 15.3. The van der Waals surface area contributed by atoms with Crippen LogP contribution in [0.2, 0.25) is 0 Å². The molecule has 1 atom stereocenters. The molecule has 0 saturated carbocycles. The molecule has 1 aromatic heterocycles. The van der Waals surface area contributed by atoms with Crippen LogP contribution in [0.1, 0.15) is 37.5 Å². The molecule has 0 radical (unpaired) electrons. The summed E-state index contributed by atoms with van der Waals surface area (Å²) in [5.74, 6) is 1.94. The first-order valence-corrected chi connectivity index (χ1v) is 7.63. The Hall–Kier alpha value is -2.57. The molecule has 0 spiro atoms. The van der Waals surface area contributed by atoms with Crippen LogP contribution in [0, 0.1) is 6.92 Å². The fraction of sp³-hybridized carbons (Fsp3) is 0.438. The van der Waals surface area contributed by atoms with Gasteiger partial charge in [-0.15, -0.1) is 0 Å². The van der Waals surface area contributed by atoms with E-state index in [0.29, 0.717) is 23.9 Å². The third-order valence-electron chi connectivity index (χ3n) is 3.84. The lowest BCUT2D eigenvalue weighted by atomic mass is 10.2. The first-order valence-electron chi connectivity index (χ1n) is 7.63. The van der Waals surface area contributed by atoms with Crippen LogP contribution in [0.25, 0.3) is 0 Å². The molecule has 7 heteroatoms. The van der Waals surface area contributed by atoms with Crippen molar-refractivity contribution in [1.82, 2.24) is 10.1 Å². The van der Waals surface area contributed by atoms with Crippen LogP contribution >= 0.6 is 0 Å². The van der Waals surface area contributed by atoms with E-state index in [1.807, 2.05) is 25.1 Å². The number of hydrogen-bond acceptors (Lipinski definition) is 6. The van der Waals surface area contributed by atoms with Gasteiger partial charge in [0.25, 0.3) is 0 Å². The van der Waals surface area contributed by atoms with Crippen LogP contribution in [-0.2, 0) is 4.79 Å². The average Bonchev–Trinajstić information content (AvgIpc) is 3.16. The van der Waals surface area contributed by atoms with Crippen LogP contribution in [-0.4, -0.2) is 29.7 Å². The zero-order chi connectivity index (χ0) is 16.4. The van der Waals surface area contributed by atoms with E-state index in [0.717, 1.165) is 24.3 Å². The molecule has 0 bridgehead atoms. The van der Waals surface area contributed by atoms with Crippen molar-refractivity contribution in [2.45, 2.75) is 32.7 Å². The Balaban J connectivity index is 1.80. The van der Waals surface area contributed by atoms with Crippen LogP contribution in [0.4, 0.5) is 11.4 Å². The highest BCUT2D eigenvalue weighted by Gasteiger charge is 2.24. The van der Waals surface area contributed by atoms with E-state index in [1.165, 1.54) is 0 Å². The molecule has 2 aromatic rings. The molecule has 122 valence electrons. The van der Waals surface area contributed by atoms with Gasteiger partial charge in [-0.2, -0.15) is 4.98 Å². The molecule has 23 heavy (non-hydrogen) atoms. The van der Waals surface area contributed by atoms with E-state index in [2.05, 4.69) is 15.5 Å². The zero-order valence-corrected chi connectivity index (χ0v) is 13.5. The number of carbonyl (C=O) groups is 1. The maximum Gasteiger partial charge on any atom is 0.248 e.